The molecule has 6 heteroatoms. The standard InChI is InChI=1S/C24H37O5P/c1-3-5-6-7-8-9-10-11-12-15-21-27-30(25,26-4-2)29-28-24-20-16-18-22-17-13-14-19-23(22)24/h13-14,16-20H,3-12,15,21H2,1-2H3. The molecular formula is C24H37O5P. The monoisotopic (exact) mass is 436 g/mol. The van der Waals surface area contributed by atoms with Crippen molar-refractivity contribution in [2.75, 3.05) is 13.2 Å². The number of hydrogen-bond donors (Lipinski definition) is 0. The van der Waals surface area contributed by atoms with Crippen molar-refractivity contribution in [1.29, 1.82) is 0 Å². The van der Waals surface area contributed by atoms with Crippen LogP contribution in [0.5, 0.6) is 5.75 Å². The lowest BCUT2D eigenvalue weighted by molar-refractivity contribution is -0.131. The third kappa shape index (κ3) is 9.18. The molecule has 0 N–H and O–H groups in total. The van der Waals surface area contributed by atoms with Crippen LogP contribution in [0.2, 0.25) is 0 Å². The van der Waals surface area contributed by atoms with Crippen LogP contribution >= 0.6 is 7.82 Å². The van der Waals surface area contributed by atoms with Gasteiger partial charge in [-0.3, -0.25) is 9.05 Å². The maximum atomic E-state index is 12.8. The number of benzene rings is 2. The van der Waals surface area contributed by atoms with Gasteiger partial charge < -0.3 is 4.89 Å². The number of phosphoric acid groups is 1. The zero-order valence-corrected chi connectivity index (χ0v) is 19.4. The molecule has 0 fully saturated rings. The van der Waals surface area contributed by atoms with E-state index in [4.69, 9.17) is 18.6 Å². The molecule has 0 aromatic heterocycles. The molecule has 0 saturated heterocycles. The van der Waals surface area contributed by atoms with Crippen LogP contribution in [0.4, 0.5) is 0 Å². The third-order valence-corrected chi connectivity index (χ3v) is 6.33. The molecule has 30 heavy (non-hydrogen) atoms. The molecule has 5 nitrogen and oxygen atoms in total. The summed E-state index contributed by atoms with van der Waals surface area (Å²) in [5, 5.41) is 1.88. The van der Waals surface area contributed by atoms with Crippen LogP contribution in [-0.2, 0) is 18.3 Å². The SMILES string of the molecule is CCCCCCCCCCCCOP(=O)(OCC)OOc1cccc2ccccc12. The molecule has 2 aromatic carbocycles. The van der Waals surface area contributed by atoms with Crippen molar-refractivity contribution in [2.45, 2.75) is 78.1 Å². The average molecular weight is 437 g/mol. The van der Waals surface area contributed by atoms with E-state index in [0.29, 0.717) is 12.4 Å². The van der Waals surface area contributed by atoms with Gasteiger partial charge in [-0.25, -0.2) is 4.57 Å². The highest BCUT2D eigenvalue weighted by molar-refractivity contribution is 7.48. The lowest BCUT2D eigenvalue weighted by Crippen LogP contribution is -2.04. The minimum Gasteiger partial charge on any atom is -0.327 e. The minimum absolute atomic E-state index is 0.216. The summed E-state index contributed by atoms with van der Waals surface area (Å²) in [6, 6.07) is 13.4. The second-order valence-electron chi connectivity index (χ2n) is 7.52. The predicted molar refractivity (Wildman–Crippen MR) is 123 cm³/mol. The van der Waals surface area contributed by atoms with Gasteiger partial charge in [0.1, 0.15) is 0 Å². The molecule has 0 radical (unpaired) electrons. The van der Waals surface area contributed by atoms with Gasteiger partial charge in [0.2, 0.25) is 0 Å². The van der Waals surface area contributed by atoms with E-state index in [1.54, 1.807) is 13.0 Å². The Morgan fingerprint density at radius 1 is 0.733 bits per heavy atom. The lowest BCUT2D eigenvalue weighted by atomic mass is 10.1. The Hall–Kier alpha value is -1.39. The molecule has 0 aliphatic rings. The van der Waals surface area contributed by atoms with Gasteiger partial charge in [0.25, 0.3) is 0 Å². The number of fused-ring (bicyclic) bond motifs is 1. The van der Waals surface area contributed by atoms with Crippen molar-refractivity contribution >= 4 is 18.6 Å². The number of unbranched alkanes of at least 4 members (excludes halogenated alkanes) is 9. The molecule has 0 aliphatic heterocycles. The fraction of sp³-hybridized carbons (Fsp3) is 0.583. The smallest absolute Gasteiger partial charge is 0.327 e. The van der Waals surface area contributed by atoms with Crippen molar-refractivity contribution in [3.8, 4) is 5.75 Å². The van der Waals surface area contributed by atoms with Crippen LogP contribution in [0.25, 0.3) is 10.8 Å². The van der Waals surface area contributed by atoms with Crippen molar-refractivity contribution < 1.29 is 23.2 Å². The molecule has 0 amide bonds. The van der Waals surface area contributed by atoms with Gasteiger partial charge in [-0.05, 0) is 24.8 Å². The highest BCUT2D eigenvalue weighted by Crippen LogP contribution is 2.50. The normalized spacial score (nSPS) is 13.4. The van der Waals surface area contributed by atoms with Crippen LogP contribution in [0, 0.1) is 0 Å². The van der Waals surface area contributed by atoms with Crippen molar-refractivity contribution in [1.82, 2.24) is 0 Å². The van der Waals surface area contributed by atoms with Crippen LogP contribution in [0.3, 0.4) is 0 Å². The van der Waals surface area contributed by atoms with E-state index < -0.39 is 7.82 Å². The Morgan fingerprint density at radius 2 is 1.37 bits per heavy atom. The second kappa shape index (κ2) is 14.6. The zero-order valence-electron chi connectivity index (χ0n) is 18.5. The summed E-state index contributed by atoms with van der Waals surface area (Å²) >= 11 is 0. The number of phosphoric ester groups is 1. The highest BCUT2D eigenvalue weighted by atomic mass is 31.2. The molecular weight excluding hydrogens is 399 g/mol. The van der Waals surface area contributed by atoms with E-state index in [9.17, 15) is 4.57 Å². The van der Waals surface area contributed by atoms with Gasteiger partial charge in [-0.2, -0.15) is 0 Å². The van der Waals surface area contributed by atoms with Gasteiger partial charge >= 0.3 is 7.82 Å². The molecule has 2 aromatic rings. The first-order valence-electron chi connectivity index (χ1n) is 11.4. The lowest BCUT2D eigenvalue weighted by Gasteiger charge is -2.16. The molecule has 0 aliphatic carbocycles. The van der Waals surface area contributed by atoms with E-state index in [2.05, 4.69) is 6.92 Å². The largest absolute Gasteiger partial charge is 0.511 e. The Kier molecular flexibility index (Phi) is 12.1. The fourth-order valence-corrected chi connectivity index (χ4v) is 4.36. The molecule has 2 rings (SSSR count). The van der Waals surface area contributed by atoms with Gasteiger partial charge in [0.15, 0.2) is 5.75 Å². The van der Waals surface area contributed by atoms with Crippen LogP contribution < -0.4 is 4.89 Å². The van der Waals surface area contributed by atoms with Crippen molar-refractivity contribution in [2.24, 2.45) is 0 Å². The van der Waals surface area contributed by atoms with E-state index in [1.807, 2.05) is 36.4 Å². The van der Waals surface area contributed by atoms with Gasteiger partial charge in [0, 0.05) is 5.39 Å². The minimum atomic E-state index is -3.76. The molecule has 0 saturated carbocycles. The molecule has 1 atom stereocenters. The Morgan fingerprint density at radius 3 is 2.07 bits per heavy atom. The summed E-state index contributed by atoms with van der Waals surface area (Å²) in [6.07, 6.45) is 12.3. The van der Waals surface area contributed by atoms with E-state index in [0.717, 1.165) is 23.6 Å². The van der Waals surface area contributed by atoms with Gasteiger partial charge in [-0.1, -0.05) is 106 Å². The van der Waals surface area contributed by atoms with Gasteiger partial charge in [-0.15, -0.1) is 0 Å². The summed E-state index contributed by atoms with van der Waals surface area (Å²) in [6.45, 7) is 4.53. The quantitative estimate of drug-likeness (QED) is 0.108. The first kappa shape index (κ1) is 24.9. The van der Waals surface area contributed by atoms with Crippen LogP contribution in [-0.4, -0.2) is 13.2 Å². The van der Waals surface area contributed by atoms with Crippen molar-refractivity contribution in [3.63, 3.8) is 0 Å². The second-order valence-corrected chi connectivity index (χ2v) is 9.08. The summed E-state index contributed by atoms with van der Waals surface area (Å²) in [5.74, 6) is 0.482. The first-order valence-corrected chi connectivity index (χ1v) is 12.9. The van der Waals surface area contributed by atoms with Crippen LogP contribution in [0.1, 0.15) is 78.1 Å². The summed E-state index contributed by atoms with van der Waals surface area (Å²) in [4.78, 5) is 5.37. The Labute approximate surface area is 181 Å². The van der Waals surface area contributed by atoms with Crippen LogP contribution in [0.15, 0.2) is 42.5 Å². The average Bonchev–Trinajstić information content (AvgIpc) is 2.76. The number of rotatable bonds is 17. The summed E-state index contributed by atoms with van der Waals surface area (Å²) in [7, 11) is -3.76. The Balaban J connectivity index is 1.68. The number of hydrogen-bond acceptors (Lipinski definition) is 5. The topological polar surface area (TPSA) is 54.0 Å². The Bertz CT molecular complexity index is 759. The zero-order chi connectivity index (χ0) is 21.5. The molecule has 0 bridgehead atoms. The van der Waals surface area contributed by atoms with E-state index in [-0.39, 0.29) is 6.61 Å². The summed E-state index contributed by atoms with van der Waals surface area (Å²) in [5.41, 5.74) is 0. The van der Waals surface area contributed by atoms with Gasteiger partial charge in [0.05, 0.1) is 13.2 Å². The summed E-state index contributed by atoms with van der Waals surface area (Å²) < 4.78 is 28.7. The molecule has 168 valence electrons. The van der Waals surface area contributed by atoms with E-state index >= 15 is 0 Å². The molecule has 0 spiro atoms. The first-order chi connectivity index (χ1) is 14.7. The third-order valence-electron chi connectivity index (χ3n) is 5.00. The fourth-order valence-electron chi connectivity index (χ4n) is 3.36. The van der Waals surface area contributed by atoms with Crippen molar-refractivity contribution in [3.05, 3.63) is 42.5 Å². The molecule has 1 unspecified atom stereocenters. The predicted octanol–water partition coefficient (Wildman–Crippen LogP) is 8.23. The maximum absolute atomic E-state index is 12.8. The highest BCUT2D eigenvalue weighted by Gasteiger charge is 2.28. The van der Waals surface area contributed by atoms with E-state index in [1.165, 1.54) is 51.4 Å². The maximum Gasteiger partial charge on any atom is 0.511 e. The molecule has 0 heterocycles.